The molecule has 1 aromatic rings. The summed E-state index contributed by atoms with van der Waals surface area (Å²) in [7, 11) is 0. The Kier molecular flexibility index (Phi) is 5.27. The first-order valence-corrected chi connectivity index (χ1v) is 8.04. The van der Waals surface area contributed by atoms with Gasteiger partial charge in [0.15, 0.2) is 6.10 Å². The Morgan fingerprint density at radius 3 is 2.86 bits per heavy atom. The van der Waals surface area contributed by atoms with Crippen molar-refractivity contribution in [3.63, 3.8) is 0 Å². The molecule has 2 unspecified atom stereocenters. The normalized spacial score (nSPS) is 20.2. The van der Waals surface area contributed by atoms with Crippen LogP contribution in [-0.4, -0.2) is 30.0 Å². The summed E-state index contributed by atoms with van der Waals surface area (Å²) >= 11 is 0. The van der Waals surface area contributed by atoms with E-state index in [0.717, 1.165) is 30.8 Å². The number of amides is 1. The number of ether oxygens (including phenoxy) is 1. The molecule has 116 valence electrons. The molecule has 0 aliphatic carbocycles. The zero-order chi connectivity index (χ0) is 15.4. The van der Waals surface area contributed by atoms with Crippen LogP contribution >= 0.6 is 0 Å². The molecule has 0 aromatic heterocycles. The average Bonchev–Trinajstić information content (AvgIpc) is 2.48. The van der Waals surface area contributed by atoms with E-state index < -0.39 is 0 Å². The molecular formula is C18H27NO2. The molecule has 1 aromatic carbocycles. The minimum atomic E-state index is -0.365. The molecule has 0 bridgehead atoms. The fourth-order valence-electron chi connectivity index (χ4n) is 2.91. The summed E-state index contributed by atoms with van der Waals surface area (Å²) in [4.78, 5) is 14.7. The monoisotopic (exact) mass is 289 g/mol. The number of hydrogen-bond acceptors (Lipinski definition) is 2. The first kappa shape index (κ1) is 15.9. The van der Waals surface area contributed by atoms with Crippen LogP contribution in [0.15, 0.2) is 18.2 Å². The van der Waals surface area contributed by atoms with Crippen molar-refractivity contribution in [1.82, 2.24) is 4.90 Å². The molecule has 0 saturated carbocycles. The molecule has 21 heavy (non-hydrogen) atoms. The average molecular weight is 289 g/mol. The number of piperidine rings is 1. The Bertz CT molecular complexity index is 498. The molecule has 1 aliphatic rings. The fourth-order valence-corrected chi connectivity index (χ4v) is 2.91. The molecule has 2 atom stereocenters. The van der Waals surface area contributed by atoms with Crippen LogP contribution in [0.3, 0.4) is 0 Å². The van der Waals surface area contributed by atoms with E-state index in [1.165, 1.54) is 12.0 Å². The molecule has 3 nitrogen and oxygen atoms in total. The Labute approximate surface area is 128 Å². The zero-order valence-corrected chi connectivity index (χ0v) is 13.7. The van der Waals surface area contributed by atoms with Crippen molar-refractivity contribution in [2.75, 3.05) is 13.1 Å². The van der Waals surface area contributed by atoms with Crippen molar-refractivity contribution < 1.29 is 9.53 Å². The van der Waals surface area contributed by atoms with Gasteiger partial charge in [0.05, 0.1) is 0 Å². The summed E-state index contributed by atoms with van der Waals surface area (Å²) in [5.74, 6) is 1.58. The second-order valence-corrected chi connectivity index (χ2v) is 6.24. The van der Waals surface area contributed by atoms with Crippen LogP contribution in [-0.2, 0) is 4.79 Å². The molecular weight excluding hydrogens is 262 g/mol. The lowest BCUT2D eigenvalue weighted by Gasteiger charge is -2.33. The van der Waals surface area contributed by atoms with E-state index in [-0.39, 0.29) is 12.0 Å². The van der Waals surface area contributed by atoms with Crippen LogP contribution in [0.1, 0.15) is 44.2 Å². The SMILES string of the molecule is CCC(Oc1cccc(C)c1C)C(=O)N1CCCC(C)C1. The largest absolute Gasteiger partial charge is 0.480 e. The van der Waals surface area contributed by atoms with E-state index >= 15 is 0 Å². The number of benzene rings is 1. The molecule has 0 radical (unpaired) electrons. The smallest absolute Gasteiger partial charge is 0.263 e. The molecule has 0 spiro atoms. The minimum Gasteiger partial charge on any atom is -0.480 e. The first-order valence-electron chi connectivity index (χ1n) is 8.04. The van der Waals surface area contributed by atoms with Crippen LogP contribution in [0.25, 0.3) is 0 Å². The summed E-state index contributed by atoms with van der Waals surface area (Å²) in [6.07, 6.45) is 2.67. The second kappa shape index (κ2) is 6.97. The third-order valence-electron chi connectivity index (χ3n) is 4.44. The number of carbonyl (C=O) groups excluding carboxylic acids is 1. The third kappa shape index (κ3) is 3.78. The summed E-state index contributed by atoms with van der Waals surface area (Å²) in [5.41, 5.74) is 2.32. The van der Waals surface area contributed by atoms with Gasteiger partial charge in [0.25, 0.3) is 5.91 Å². The number of likely N-dealkylation sites (tertiary alicyclic amines) is 1. The van der Waals surface area contributed by atoms with Gasteiger partial charge < -0.3 is 9.64 Å². The van der Waals surface area contributed by atoms with Gasteiger partial charge in [-0.1, -0.05) is 26.0 Å². The molecule has 3 heteroatoms. The van der Waals surface area contributed by atoms with Gasteiger partial charge in [-0.15, -0.1) is 0 Å². The number of hydrogen-bond donors (Lipinski definition) is 0. The quantitative estimate of drug-likeness (QED) is 0.845. The highest BCUT2D eigenvalue weighted by atomic mass is 16.5. The lowest BCUT2D eigenvalue weighted by atomic mass is 9.99. The highest BCUT2D eigenvalue weighted by molar-refractivity contribution is 5.81. The van der Waals surface area contributed by atoms with E-state index in [0.29, 0.717) is 12.3 Å². The molecule has 1 fully saturated rings. The Hall–Kier alpha value is -1.51. The van der Waals surface area contributed by atoms with Crippen molar-refractivity contribution in [2.45, 2.75) is 53.1 Å². The highest BCUT2D eigenvalue weighted by Gasteiger charge is 2.28. The van der Waals surface area contributed by atoms with Gasteiger partial charge in [-0.25, -0.2) is 0 Å². The predicted molar refractivity (Wildman–Crippen MR) is 85.6 cm³/mol. The number of rotatable bonds is 4. The molecule has 1 aliphatic heterocycles. The second-order valence-electron chi connectivity index (χ2n) is 6.24. The van der Waals surface area contributed by atoms with Crippen LogP contribution in [0.4, 0.5) is 0 Å². The van der Waals surface area contributed by atoms with Crippen LogP contribution in [0.2, 0.25) is 0 Å². The van der Waals surface area contributed by atoms with Crippen molar-refractivity contribution in [3.05, 3.63) is 29.3 Å². The first-order chi connectivity index (χ1) is 10.0. The third-order valence-corrected chi connectivity index (χ3v) is 4.44. The van der Waals surface area contributed by atoms with Crippen molar-refractivity contribution in [2.24, 2.45) is 5.92 Å². The van der Waals surface area contributed by atoms with Crippen LogP contribution in [0, 0.1) is 19.8 Å². The van der Waals surface area contributed by atoms with E-state index in [9.17, 15) is 4.79 Å². The van der Waals surface area contributed by atoms with E-state index in [1.54, 1.807) is 0 Å². The van der Waals surface area contributed by atoms with Gasteiger partial charge in [0.2, 0.25) is 0 Å². The molecule has 1 heterocycles. The van der Waals surface area contributed by atoms with E-state index in [4.69, 9.17) is 4.74 Å². The zero-order valence-electron chi connectivity index (χ0n) is 13.7. The van der Waals surface area contributed by atoms with Crippen LogP contribution < -0.4 is 4.74 Å². The number of carbonyl (C=O) groups is 1. The molecule has 0 N–H and O–H groups in total. The van der Waals surface area contributed by atoms with Crippen molar-refractivity contribution in [3.8, 4) is 5.75 Å². The lowest BCUT2D eigenvalue weighted by Crippen LogP contribution is -2.46. The summed E-state index contributed by atoms with van der Waals surface area (Å²) in [6.45, 7) is 10.1. The predicted octanol–water partition coefficient (Wildman–Crippen LogP) is 3.72. The Morgan fingerprint density at radius 1 is 1.43 bits per heavy atom. The van der Waals surface area contributed by atoms with Crippen molar-refractivity contribution >= 4 is 5.91 Å². The lowest BCUT2D eigenvalue weighted by molar-refractivity contribution is -0.140. The van der Waals surface area contributed by atoms with Gasteiger partial charge in [0, 0.05) is 13.1 Å². The van der Waals surface area contributed by atoms with Gasteiger partial charge in [-0.3, -0.25) is 4.79 Å². The minimum absolute atomic E-state index is 0.143. The summed E-state index contributed by atoms with van der Waals surface area (Å²) in [5, 5.41) is 0. The fraction of sp³-hybridized carbons (Fsp3) is 0.611. The Balaban J connectivity index is 2.08. The maximum atomic E-state index is 12.7. The van der Waals surface area contributed by atoms with E-state index in [1.807, 2.05) is 30.9 Å². The summed E-state index contributed by atoms with van der Waals surface area (Å²) in [6, 6.07) is 6.01. The number of aryl methyl sites for hydroxylation is 1. The van der Waals surface area contributed by atoms with Gasteiger partial charge in [-0.2, -0.15) is 0 Å². The maximum absolute atomic E-state index is 12.7. The maximum Gasteiger partial charge on any atom is 0.263 e. The van der Waals surface area contributed by atoms with Gasteiger partial charge in [0.1, 0.15) is 5.75 Å². The van der Waals surface area contributed by atoms with Gasteiger partial charge >= 0.3 is 0 Å². The van der Waals surface area contributed by atoms with Crippen molar-refractivity contribution in [1.29, 1.82) is 0 Å². The molecule has 1 saturated heterocycles. The standard InChI is InChI=1S/C18H27NO2/c1-5-16(18(20)19-11-7-8-13(2)12-19)21-17-10-6-9-14(3)15(17)4/h6,9-10,13,16H,5,7-8,11-12H2,1-4H3. The summed E-state index contributed by atoms with van der Waals surface area (Å²) < 4.78 is 6.03. The topological polar surface area (TPSA) is 29.5 Å². The van der Waals surface area contributed by atoms with Gasteiger partial charge in [-0.05, 0) is 56.2 Å². The molecule has 2 rings (SSSR count). The molecule has 1 amide bonds. The highest BCUT2D eigenvalue weighted by Crippen LogP contribution is 2.24. The number of nitrogens with zero attached hydrogens (tertiary/aromatic N) is 1. The van der Waals surface area contributed by atoms with Crippen LogP contribution in [0.5, 0.6) is 5.75 Å². The Morgan fingerprint density at radius 2 is 2.19 bits per heavy atom. The van der Waals surface area contributed by atoms with E-state index in [2.05, 4.69) is 19.9 Å².